The summed E-state index contributed by atoms with van der Waals surface area (Å²) in [5.41, 5.74) is 0.672. The molecule has 0 heterocycles. The van der Waals surface area contributed by atoms with E-state index in [0.717, 1.165) is 0 Å². The summed E-state index contributed by atoms with van der Waals surface area (Å²) in [7, 11) is 0. The fraction of sp³-hybridized carbons (Fsp3) is 0.250. The monoisotopic (exact) mass is 238 g/mol. The van der Waals surface area contributed by atoms with Gasteiger partial charge in [-0.3, -0.25) is 0 Å². The minimum Gasteiger partial charge on any atom is -0.406 e. The Kier molecular flexibility index (Phi) is 4.10. The first-order valence-electron chi connectivity index (χ1n) is 3.98. The van der Waals surface area contributed by atoms with E-state index in [4.69, 9.17) is 0 Å². The highest BCUT2D eigenvalue weighted by molar-refractivity contribution is 7.78. The number of hydrogen-bond acceptors (Lipinski definition) is 4. The zero-order valence-corrected chi connectivity index (χ0v) is 8.40. The van der Waals surface area contributed by atoms with Crippen molar-refractivity contribution in [2.75, 3.05) is 12.0 Å². The molecule has 3 nitrogen and oxygen atoms in total. The Balaban J connectivity index is 2.56. The number of thiol groups is 1. The molecule has 0 unspecified atom stereocenters. The standard InChI is InChI=1S/C8H9F3N2OS/c9-8(10,11)14-7-3-1-6(2-4-7)12-5-13-15/h1-4,12-13,15H,5H2. The van der Waals surface area contributed by atoms with E-state index in [9.17, 15) is 13.2 Å². The third kappa shape index (κ3) is 4.80. The third-order valence-electron chi connectivity index (χ3n) is 1.46. The number of hydrogen-bond donors (Lipinski definition) is 3. The van der Waals surface area contributed by atoms with E-state index in [2.05, 4.69) is 27.6 Å². The number of nitrogens with one attached hydrogen (secondary N) is 2. The van der Waals surface area contributed by atoms with Gasteiger partial charge in [-0.2, -0.15) is 0 Å². The van der Waals surface area contributed by atoms with Crippen LogP contribution in [0.3, 0.4) is 0 Å². The molecule has 0 aliphatic carbocycles. The van der Waals surface area contributed by atoms with Crippen molar-refractivity contribution in [3.8, 4) is 5.75 Å². The van der Waals surface area contributed by atoms with Crippen molar-refractivity contribution < 1.29 is 17.9 Å². The number of ether oxygens (including phenoxy) is 1. The van der Waals surface area contributed by atoms with Gasteiger partial charge >= 0.3 is 6.36 Å². The molecule has 0 amide bonds. The summed E-state index contributed by atoms with van der Waals surface area (Å²) < 4.78 is 41.6. The molecule has 1 aromatic rings. The lowest BCUT2D eigenvalue weighted by Gasteiger charge is -2.09. The van der Waals surface area contributed by atoms with E-state index in [0.29, 0.717) is 12.4 Å². The van der Waals surface area contributed by atoms with Gasteiger partial charge < -0.3 is 10.1 Å². The van der Waals surface area contributed by atoms with Crippen LogP contribution in [0.5, 0.6) is 5.75 Å². The summed E-state index contributed by atoms with van der Waals surface area (Å²) in [6, 6.07) is 5.42. The molecule has 2 N–H and O–H groups in total. The molecule has 1 rings (SSSR count). The Morgan fingerprint density at radius 3 is 2.27 bits per heavy atom. The predicted octanol–water partition coefficient (Wildman–Crippen LogP) is 2.39. The second-order valence-electron chi connectivity index (χ2n) is 2.58. The lowest BCUT2D eigenvalue weighted by Crippen LogP contribution is -2.17. The molecular weight excluding hydrogens is 229 g/mol. The van der Waals surface area contributed by atoms with Crippen molar-refractivity contribution in [1.82, 2.24) is 4.72 Å². The number of benzene rings is 1. The average Bonchev–Trinajstić information content (AvgIpc) is 2.14. The van der Waals surface area contributed by atoms with Crippen LogP contribution in [0.15, 0.2) is 24.3 Å². The molecule has 0 atom stereocenters. The Morgan fingerprint density at radius 2 is 1.80 bits per heavy atom. The van der Waals surface area contributed by atoms with Gasteiger partial charge in [0.2, 0.25) is 0 Å². The lowest BCUT2D eigenvalue weighted by molar-refractivity contribution is -0.274. The fourth-order valence-electron chi connectivity index (χ4n) is 0.916. The van der Waals surface area contributed by atoms with Crippen LogP contribution >= 0.6 is 12.8 Å². The van der Waals surface area contributed by atoms with E-state index in [1.807, 2.05) is 0 Å². The molecule has 0 radical (unpaired) electrons. The second-order valence-corrected chi connectivity index (χ2v) is 2.90. The molecule has 15 heavy (non-hydrogen) atoms. The topological polar surface area (TPSA) is 33.3 Å². The molecule has 0 aromatic heterocycles. The predicted molar refractivity (Wildman–Crippen MR) is 53.7 cm³/mol. The zero-order chi connectivity index (χ0) is 11.3. The van der Waals surface area contributed by atoms with Gasteiger partial charge in [0, 0.05) is 5.69 Å². The van der Waals surface area contributed by atoms with Gasteiger partial charge in [0.15, 0.2) is 0 Å². The van der Waals surface area contributed by atoms with E-state index in [-0.39, 0.29) is 5.75 Å². The number of halogens is 3. The SMILES string of the molecule is FC(F)(F)Oc1ccc(NCNS)cc1. The Labute approximate surface area is 90.2 Å². The molecule has 0 saturated carbocycles. The van der Waals surface area contributed by atoms with Crippen LogP contribution < -0.4 is 14.8 Å². The number of rotatable bonds is 4. The smallest absolute Gasteiger partial charge is 0.406 e. The Hall–Kier alpha value is -1.08. The molecule has 0 fully saturated rings. The Morgan fingerprint density at radius 1 is 1.20 bits per heavy atom. The van der Waals surface area contributed by atoms with Gasteiger partial charge in [-0.05, 0) is 24.3 Å². The maximum absolute atomic E-state index is 11.8. The highest BCUT2D eigenvalue weighted by Gasteiger charge is 2.30. The second kappa shape index (κ2) is 5.13. The van der Waals surface area contributed by atoms with E-state index < -0.39 is 6.36 Å². The Bertz CT molecular complexity index is 302. The van der Waals surface area contributed by atoms with E-state index in [1.54, 1.807) is 0 Å². The molecule has 1 aromatic carbocycles. The van der Waals surface area contributed by atoms with E-state index in [1.165, 1.54) is 24.3 Å². The quantitative estimate of drug-likeness (QED) is 0.556. The molecule has 0 spiro atoms. The summed E-state index contributed by atoms with van der Waals surface area (Å²) in [4.78, 5) is 0. The van der Waals surface area contributed by atoms with Crippen molar-refractivity contribution in [3.63, 3.8) is 0 Å². The first-order chi connectivity index (χ1) is 7.01. The van der Waals surface area contributed by atoms with Gasteiger partial charge in [-0.1, -0.05) is 12.8 Å². The zero-order valence-electron chi connectivity index (χ0n) is 7.51. The van der Waals surface area contributed by atoms with Crippen molar-refractivity contribution in [2.24, 2.45) is 0 Å². The number of anilines is 1. The van der Waals surface area contributed by atoms with Crippen molar-refractivity contribution in [2.45, 2.75) is 6.36 Å². The summed E-state index contributed by atoms with van der Waals surface area (Å²) in [5, 5.41) is 2.86. The van der Waals surface area contributed by atoms with Crippen LogP contribution in [-0.4, -0.2) is 13.0 Å². The normalized spacial score (nSPS) is 11.2. The first-order valence-corrected chi connectivity index (χ1v) is 4.42. The van der Waals surface area contributed by atoms with Gasteiger partial charge in [-0.15, -0.1) is 13.2 Å². The van der Waals surface area contributed by atoms with Gasteiger partial charge in [-0.25, -0.2) is 4.72 Å². The highest BCUT2D eigenvalue weighted by Crippen LogP contribution is 2.23. The van der Waals surface area contributed by atoms with Crippen LogP contribution in [0.2, 0.25) is 0 Å². The van der Waals surface area contributed by atoms with E-state index >= 15 is 0 Å². The minimum atomic E-state index is -4.65. The van der Waals surface area contributed by atoms with Gasteiger partial charge in [0.1, 0.15) is 5.75 Å². The lowest BCUT2D eigenvalue weighted by atomic mass is 10.3. The largest absolute Gasteiger partial charge is 0.573 e. The van der Waals surface area contributed by atoms with Crippen molar-refractivity contribution in [1.29, 1.82) is 0 Å². The highest BCUT2D eigenvalue weighted by atomic mass is 32.1. The molecule has 84 valence electrons. The molecule has 0 aliphatic rings. The number of alkyl halides is 3. The first kappa shape index (κ1) is 12.0. The average molecular weight is 238 g/mol. The van der Waals surface area contributed by atoms with Crippen molar-refractivity contribution in [3.05, 3.63) is 24.3 Å². The van der Waals surface area contributed by atoms with Crippen LogP contribution in [0.4, 0.5) is 18.9 Å². The minimum absolute atomic E-state index is 0.244. The molecule has 0 bridgehead atoms. The van der Waals surface area contributed by atoms with Gasteiger partial charge in [0.05, 0.1) is 6.67 Å². The third-order valence-corrected chi connectivity index (χ3v) is 1.62. The van der Waals surface area contributed by atoms with Crippen LogP contribution in [0.25, 0.3) is 0 Å². The van der Waals surface area contributed by atoms with Crippen LogP contribution in [0, 0.1) is 0 Å². The fourth-order valence-corrected chi connectivity index (χ4v) is 0.995. The summed E-state index contributed by atoms with van der Waals surface area (Å²) >= 11 is 3.74. The maximum Gasteiger partial charge on any atom is 0.573 e. The summed E-state index contributed by atoms with van der Waals surface area (Å²) in [5.74, 6) is -0.244. The summed E-state index contributed by atoms with van der Waals surface area (Å²) in [6.07, 6.45) is -4.65. The van der Waals surface area contributed by atoms with Crippen LogP contribution in [-0.2, 0) is 0 Å². The summed E-state index contributed by atoms with van der Waals surface area (Å²) in [6.45, 7) is 0.405. The van der Waals surface area contributed by atoms with Gasteiger partial charge in [0.25, 0.3) is 0 Å². The molecule has 0 aliphatic heterocycles. The van der Waals surface area contributed by atoms with Crippen LogP contribution in [0.1, 0.15) is 0 Å². The molecule has 0 saturated heterocycles. The molecule has 7 heteroatoms. The molecular formula is C8H9F3N2OS. The van der Waals surface area contributed by atoms with Crippen molar-refractivity contribution >= 4 is 18.5 Å². The maximum atomic E-state index is 11.8.